The molecule has 0 saturated carbocycles. The number of likely N-dealkylation sites (tertiary alicyclic amines) is 2. The molecule has 2 fully saturated rings. The topological polar surface area (TPSA) is 76.1 Å². The number of nitrogens with zero attached hydrogens (tertiary/aromatic N) is 7. The summed E-state index contributed by atoms with van der Waals surface area (Å²) >= 11 is 0. The predicted molar refractivity (Wildman–Crippen MR) is 139 cm³/mol. The van der Waals surface area contributed by atoms with Crippen molar-refractivity contribution in [1.82, 2.24) is 35.0 Å². The Hall–Kier alpha value is -3.57. The summed E-state index contributed by atoms with van der Waals surface area (Å²) in [5, 5.41) is 15.4. The summed E-state index contributed by atoms with van der Waals surface area (Å²) < 4.78 is 46.7. The van der Waals surface area contributed by atoms with Crippen LogP contribution in [-0.2, 0) is 6.54 Å². The van der Waals surface area contributed by atoms with Crippen molar-refractivity contribution in [2.45, 2.75) is 44.7 Å². The van der Waals surface area contributed by atoms with Crippen LogP contribution in [0.3, 0.4) is 0 Å². The summed E-state index contributed by atoms with van der Waals surface area (Å²) in [7, 11) is 0. The van der Waals surface area contributed by atoms with E-state index in [-0.39, 0.29) is 18.0 Å². The van der Waals surface area contributed by atoms with E-state index in [0.29, 0.717) is 17.5 Å². The Morgan fingerprint density at radius 1 is 1.00 bits per heavy atom. The van der Waals surface area contributed by atoms with Crippen molar-refractivity contribution in [3.8, 4) is 22.7 Å². The smallest absolute Gasteiger partial charge is 0.314 e. The van der Waals surface area contributed by atoms with Gasteiger partial charge < -0.3 is 9.32 Å². The van der Waals surface area contributed by atoms with Crippen LogP contribution in [0, 0.1) is 5.82 Å². The zero-order chi connectivity index (χ0) is 26.9. The number of halogens is 3. The fraction of sp³-hybridized carbons (Fsp3) is 0.429. The van der Waals surface area contributed by atoms with Gasteiger partial charge in [0.2, 0.25) is 5.89 Å². The molecule has 4 aromatic rings. The number of alkyl halides is 2. The molecule has 0 bridgehead atoms. The van der Waals surface area contributed by atoms with Gasteiger partial charge in [0.15, 0.2) is 0 Å². The SMILES string of the molecule is CCN1CC(N2CCC(c3cccc(-c4cn(Cc5ccc(-c6nnc(C(F)F)o6)cc5F)nn4)c3)CC2)C1. The molecule has 0 N–H and O–H groups in total. The average Bonchev–Trinajstić information content (AvgIpc) is 3.60. The highest BCUT2D eigenvalue weighted by Crippen LogP contribution is 2.32. The quantitative estimate of drug-likeness (QED) is 0.313. The second-order valence-corrected chi connectivity index (χ2v) is 10.3. The summed E-state index contributed by atoms with van der Waals surface area (Å²) in [4.78, 5) is 5.13. The van der Waals surface area contributed by atoms with Crippen LogP contribution in [-0.4, -0.2) is 73.8 Å². The molecule has 0 atom stereocenters. The average molecular weight is 538 g/mol. The predicted octanol–water partition coefficient (Wildman–Crippen LogP) is 5.00. The van der Waals surface area contributed by atoms with Gasteiger partial charge in [-0.15, -0.1) is 15.3 Å². The van der Waals surface area contributed by atoms with Gasteiger partial charge in [0.05, 0.1) is 12.7 Å². The van der Waals surface area contributed by atoms with Gasteiger partial charge in [-0.25, -0.2) is 9.07 Å². The van der Waals surface area contributed by atoms with Crippen molar-refractivity contribution in [3.63, 3.8) is 0 Å². The van der Waals surface area contributed by atoms with Gasteiger partial charge in [0, 0.05) is 35.8 Å². The van der Waals surface area contributed by atoms with E-state index in [1.165, 1.54) is 24.7 Å². The third-order valence-electron chi connectivity index (χ3n) is 7.88. The third kappa shape index (κ3) is 5.46. The lowest BCUT2D eigenvalue weighted by molar-refractivity contribution is 0.0236. The first-order valence-electron chi connectivity index (χ1n) is 13.3. The molecule has 6 rings (SSSR count). The summed E-state index contributed by atoms with van der Waals surface area (Å²) in [5.74, 6) is -0.951. The minimum absolute atomic E-state index is 0.157. The van der Waals surface area contributed by atoms with E-state index >= 15 is 0 Å². The standard InChI is InChI=1S/C28H30F3N7O/c1-2-36-15-23(16-36)37-10-8-18(9-11-37)19-4-3-5-20(12-19)25-17-38(35-32-25)14-22-7-6-21(13-24(22)29)27-33-34-28(39-27)26(30)31/h3-7,12-13,17-18,23,26H,2,8-11,14-16H2,1H3. The van der Waals surface area contributed by atoms with E-state index in [1.807, 2.05) is 6.07 Å². The molecule has 204 valence electrons. The van der Waals surface area contributed by atoms with Crippen LogP contribution in [0.5, 0.6) is 0 Å². The van der Waals surface area contributed by atoms with Crippen LogP contribution in [0.25, 0.3) is 22.7 Å². The lowest BCUT2D eigenvalue weighted by Crippen LogP contribution is -2.60. The van der Waals surface area contributed by atoms with Crippen LogP contribution >= 0.6 is 0 Å². The molecule has 39 heavy (non-hydrogen) atoms. The van der Waals surface area contributed by atoms with Gasteiger partial charge in [0.25, 0.3) is 5.89 Å². The van der Waals surface area contributed by atoms with Crippen molar-refractivity contribution in [1.29, 1.82) is 0 Å². The minimum atomic E-state index is -2.88. The van der Waals surface area contributed by atoms with Crippen LogP contribution < -0.4 is 0 Å². The Morgan fingerprint density at radius 2 is 1.82 bits per heavy atom. The maximum atomic E-state index is 14.8. The summed E-state index contributed by atoms with van der Waals surface area (Å²) in [6.45, 7) is 8.19. The molecule has 0 amide bonds. The molecule has 0 aliphatic carbocycles. The van der Waals surface area contributed by atoms with Crippen molar-refractivity contribution >= 4 is 0 Å². The number of hydrogen-bond donors (Lipinski definition) is 0. The monoisotopic (exact) mass is 537 g/mol. The van der Waals surface area contributed by atoms with Crippen molar-refractivity contribution in [2.75, 3.05) is 32.7 Å². The maximum absolute atomic E-state index is 14.8. The van der Waals surface area contributed by atoms with Gasteiger partial charge >= 0.3 is 6.43 Å². The molecule has 0 unspecified atom stereocenters. The summed E-state index contributed by atoms with van der Waals surface area (Å²) in [6.07, 6.45) is 1.23. The minimum Gasteiger partial charge on any atom is -0.415 e. The highest BCUT2D eigenvalue weighted by molar-refractivity contribution is 5.59. The van der Waals surface area contributed by atoms with Crippen LogP contribution in [0.15, 0.2) is 53.1 Å². The molecule has 4 heterocycles. The number of likely N-dealkylation sites (N-methyl/N-ethyl adjacent to an activating group) is 1. The molecule has 2 aliphatic heterocycles. The molecule has 0 radical (unpaired) electrons. The lowest BCUT2D eigenvalue weighted by atomic mass is 9.87. The number of piperidine rings is 1. The molecule has 2 saturated heterocycles. The highest BCUT2D eigenvalue weighted by Gasteiger charge is 2.33. The van der Waals surface area contributed by atoms with Gasteiger partial charge in [-0.2, -0.15) is 8.78 Å². The first-order chi connectivity index (χ1) is 19.0. The van der Waals surface area contributed by atoms with E-state index in [1.54, 1.807) is 23.0 Å². The van der Waals surface area contributed by atoms with Crippen LogP contribution in [0.4, 0.5) is 13.2 Å². The third-order valence-corrected chi connectivity index (χ3v) is 7.88. The first-order valence-corrected chi connectivity index (χ1v) is 13.3. The van der Waals surface area contributed by atoms with Crippen molar-refractivity contribution < 1.29 is 17.6 Å². The summed E-state index contributed by atoms with van der Waals surface area (Å²) in [6, 6.07) is 13.5. The Kier molecular flexibility index (Phi) is 7.18. The Morgan fingerprint density at radius 3 is 2.54 bits per heavy atom. The number of hydrogen-bond acceptors (Lipinski definition) is 7. The van der Waals surface area contributed by atoms with E-state index in [9.17, 15) is 13.2 Å². The van der Waals surface area contributed by atoms with Gasteiger partial charge in [-0.3, -0.25) is 4.90 Å². The molecule has 2 aromatic heterocycles. The molecular weight excluding hydrogens is 507 g/mol. The van der Waals surface area contributed by atoms with Crippen molar-refractivity contribution in [2.24, 2.45) is 0 Å². The fourth-order valence-electron chi connectivity index (χ4n) is 5.51. The van der Waals surface area contributed by atoms with Gasteiger partial charge in [0.1, 0.15) is 11.5 Å². The summed E-state index contributed by atoms with van der Waals surface area (Å²) in [5.41, 5.74) is 3.64. The Bertz CT molecular complexity index is 1420. The molecule has 2 aliphatic rings. The van der Waals surface area contributed by atoms with Crippen LogP contribution in [0.2, 0.25) is 0 Å². The zero-order valence-electron chi connectivity index (χ0n) is 21.7. The molecule has 11 heteroatoms. The number of benzene rings is 2. The normalized spacial score (nSPS) is 17.7. The van der Waals surface area contributed by atoms with E-state index in [4.69, 9.17) is 4.42 Å². The van der Waals surface area contributed by atoms with Gasteiger partial charge in [-0.1, -0.05) is 36.4 Å². The van der Waals surface area contributed by atoms with Crippen LogP contribution in [0.1, 0.15) is 49.1 Å². The second-order valence-electron chi connectivity index (χ2n) is 10.3. The number of rotatable bonds is 8. The second kappa shape index (κ2) is 10.9. The van der Waals surface area contributed by atoms with E-state index in [2.05, 4.69) is 55.4 Å². The maximum Gasteiger partial charge on any atom is 0.314 e. The largest absolute Gasteiger partial charge is 0.415 e. The lowest BCUT2D eigenvalue weighted by Gasteiger charge is -2.47. The highest BCUT2D eigenvalue weighted by atomic mass is 19.3. The Labute approximate surface area is 224 Å². The molecule has 8 nitrogen and oxygen atoms in total. The molecule has 2 aromatic carbocycles. The first kappa shape index (κ1) is 25.7. The van der Waals surface area contributed by atoms with Gasteiger partial charge in [-0.05, 0) is 62.2 Å². The Balaban J connectivity index is 1.09. The molecule has 0 spiro atoms. The van der Waals surface area contributed by atoms with E-state index < -0.39 is 18.1 Å². The zero-order valence-corrected chi connectivity index (χ0v) is 21.7. The molecular formula is C28H30F3N7O. The number of aromatic nitrogens is 5. The van der Waals surface area contributed by atoms with Crippen molar-refractivity contribution in [3.05, 3.63) is 71.5 Å². The fourth-order valence-corrected chi connectivity index (χ4v) is 5.51. The van der Waals surface area contributed by atoms with E-state index in [0.717, 1.165) is 43.7 Å².